The first-order valence-electron chi connectivity index (χ1n) is 6.96. The van der Waals surface area contributed by atoms with E-state index in [1.807, 2.05) is 0 Å². The standard InChI is InChI=1S/C17H11Cl2FN2O2/c1-9-8-10(18)6-7-13(9)22-16(23)14(19)15(17(22)24)21-12-5-3-2-4-11(12)20/h2-8,21H,1H3. The third-order valence-corrected chi connectivity index (χ3v) is 4.15. The van der Waals surface area contributed by atoms with Crippen LogP contribution < -0.4 is 10.2 Å². The quantitative estimate of drug-likeness (QED) is 0.829. The fraction of sp³-hybridized carbons (Fsp3) is 0.0588. The number of hydrogen-bond acceptors (Lipinski definition) is 3. The minimum Gasteiger partial charge on any atom is -0.347 e. The second kappa shape index (κ2) is 6.26. The molecule has 1 heterocycles. The highest BCUT2D eigenvalue weighted by molar-refractivity contribution is 6.53. The predicted octanol–water partition coefficient (Wildman–Crippen LogP) is 4.22. The van der Waals surface area contributed by atoms with Crippen LogP contribution in [0.25, 0.3) is 0 Å². The van der Waals surface area contributed by atoms with E-state index < -0.39 is 17.6 Å². The van der Waals surface area contributed by atoms with Crippen molar-refractivity contribution < 1.29 is 14.0 Å². The van der Waals surface area contributed by atoms with Crippen LogP contribution in [-0.2, 0) is 9.59 Å². The number of carbonyl (C=O) groups excluding carboxylic acids is 2. The van der Waals surface area contributed by atoms with E-state index in [1.54, 1.807) is 31.2 Å². The van der Waals surface area contributed by atoms with Crippen LogP contribution in [0.4, 0.5) is 15.8 Å². The third-order valence-electron chi connectivity index (χ3n) is 3.56. The van der Waals surface area contributed by atoms with Gasteiger partial charge in [-0.1, -0.05) is 35.3 Å². The smallest absolute Gasteiger partial charge is 0.283 e. The van der Waals surface area contributed by atoms with Crippen molar-refractivity contribution in [2.24, 2.45) is 0 Å². The predicted molar refractivity (Wildman–Crippen MR) is 91.6 cm³/mol. The van der Waals surface area contributed by atoms with Gasteiger partial charge in [0.05, 0.1) is 11.4 Å². The van der Waals surface area contributed by atoms with Gasteiger partial charge in [0.1, 0.15) is 16.5 Å². The summed E-state index contributed by atoms with van der Waals surface area (Å²) in [5.74, 6) is -1.89. The Morgan fingerprint density at radius 3 is 2.42 bits per heavy atom. The van der Waals surface area contributed by atoms with Crippen LogP contribution in [0.15, 0.2) is 53.2 Å². The average Bonchev–Trinajstić information content (AvgIpc) is 2.74. The number of rotatable bonds is 3. The van der Waals surface area contributed by atoms with E-state index >= 15 is 0 Å². The fourth-order valence-corrected chi connectivity index (χ4v) is 2.84. The van der Waals surface area contributed by atoms with Gasteiger partial charge < -0.3 is 5.32 Å². The number of nitrogens with zero attached hydrogens (tertiary/aromatic N) is 1. The lowest BCUT2D eigenvalue weighted by atomic mass is 10.2. The van der Waals surface area contributed by atoms with Gasteiger partial charge >= 0.3 is 0 Å². The maximum atomic E-state index is 13.8. The fourth-order valence-electron chi connectivity index (χ4n) is 2.40. The number of imide groups is 1. The monoisotopic (exact) mass is 364 g/mol. The molecule has 4 nitrogen and oxygen atoms in total. The molecule has 0 unspecified atom stereocenters. The van der Waals surface area contributed by atoms with Crippen LogP contribution >= 0.6 is 23.2 Å². The summed E-state index contributed by atoms with van der Waals surface area (Å²) in [5.41, 5.74) is 0.904. The molecule has 7 heteroatoms. The maximum Gasteiger partial charge on any atom is 0.283 e. The number of amides is 2. The zero-order chi connectivity index (χ0) is 17.4. The molecule has 0 saturated heterocycles. The molecular formula is C17H11Cl2FN2O2. The summed E-state index contributed by atoms with van der Waals surface area (Å²) in [6.07, 6.45) is 0. The van der Waals surface area contributed by atoms with Gasteiger partial charge in [0, 0.05) is 5.02 Å². The Kier molecular flexibility index (Phi) is 4.30. The van der Waals surface area contributed by atoms with Crippen LogP contribution in [0.1, 0.15) is 5.56 Å². The molecule has 0 atom stereocenters. The van der Waals surface area contributed by atoms with Crippen molar-refractivity contribution in [1.82, 2.24) is 0 Å². The Hall–Kier alpha value is -2.37. The highest BCUT2D eigenvalue weighted by Gasteiger charge is 2.39. The molecular weight excluding hydrogens is 354 g/mol. The Balaban J connectivity index is 1.97. The molecule has 0 fully saturated rings. The molecule has 3 rings (SSSR count). The van der Waals surface area contributed by atoms with Crippen molar-refractivity contribution in [3.05, 3.63) is 69.6 Å². The molecule has 0 radical (unpaired) electrons. The second-order valence-corrected chi connectivity index (χ2v) is 5.98. The second-order valence-electron chi connectivity index (χ2n) is 5.17. The summed E-state index contributed by atoms with van der Waals surface area (Å²) in [6.45, 7) is 1.72. The first-order chi connectivity index (χ1) is 11.4. The van der Waals surface area contributed by atoms with Gasteiger partial charge in [-0.3, -0.25) is 9.59 Å². The van der Waals surface area contributed by atoms with Crippen molar-refractivity contribution in [3.63, 3.8) is 0 Å². The van der Waals surface area contributed by atoms with Crippen molar-refractivity contribution in [2.45, 2.75) is 6.92 Å². The van der Waals surface area contributed by atoms with Crippen LogP contribution in [0.3, 0.4) is 0 Å². The largest absolute Gasteiger partial charge is 0.347 e. The zero-order valence-corrected chi connectivity index (χ0v) is 14.0. The number of hydrogen-bond donors (Lipinski definition) is 1. The van der Waals surface area contributed by atoms with Gasteiger partial charge in [0.25, 0.3) is 11.8 Å². The van der Waals surface area contributed by atoms with Gasteiger partial charge in [-0.15, -0.1) is 0 Å². The molecule has 2 amide bonds. The van der Waals surface area contributed by atoms with Gasteiger partial charge in [-0.2, -0.15) is 0 Å². The summed E-state index contributed by atoms with van der Waals surface area (Å²) in [4.78, 5) is 26.0. The van der Waals surface area contributed by atoms with Crippen molar-refractivity contribution in [3.8, 4) is 0 Å². The lowest BCUT2D eigenvalue weighted by molar-refractivity contribution is -0.120. The van der Waals surface area contributed by atoms with E-state index in [2.05, 4.69) is 5.32 Å². The summed E-state index contributed by atoms with van der Waals surface area (Å²) in [7, 11) is 0. The van der Waals surface area contributed by atoms with Crippen molar-refractivity contribution >= 4 is 46.4 Å². The van der Waals surface area contributed by atoms with Gasteiger partial charge in [0.15, 0.2) is 0 Å². The van der Waals surface area contributed by atoms with E-state index in [0.717, 1.165) is 4.90 Å². The lowest BCUT2D eigenvalue weighted by Gasteiger charge is -2.17. The molecule has 1 aliphatic heterocycles. The molecule has 0 spiro atoms. The highest BCUT2D eigenvalue weighted by Crippen LogP contribution is 2.33. The van der Waals surface area contributed by atoms with E-state index in [1.165, 1.54) is 18.2 Å². The highest BCUT2D eigenvalue weighted by atomic mass is 35.5. The number of aryl methyl sites for hydroxylation is 1. The summed E-state index contributed by atoms with van der Waals surface area (Å²) in [5, 5.41) is 2.80. The summed E-state index contributed by atoms with van der Waals surface area (Å²) in [6, 6.07) is 10.6. The first kappa shape index (κ1) is 16.5. The average molecular weight is 365 g/mol. The molecule has 24 heavy (non-hydrogen) atoms. The Bertz CT molecular complexity index is 896. The molecule has 0 aromatic heterocycles. The number of anilines is 2. The SMILES string of the molecule is Cc1cc(Cl)ccc1N1C(=O)C(Cl)=C(Nc2ccccc2F)C1=O. The van der Waals surface area contributed by atoms with Crippen LogP contribution in [0.5, 0.6) is 0 Å². The molecule has 2 aromatic carbocycles. The zero-order valence-electron chi connectivity index (χ0n) is 12.4. The molecule has 0 bridgehead atoms. The normalized spacial score (nSPS) is 14.6. The first-order valence-corrected chi connectivity index (χ1v) is 7.72. The summed E-state index contributed by atoms with van der Waals surface area (Å²) >= 11 is 11.9. The van der Waals surface area contributed by atoms with Gasteiger partial charge in [-0.05, 0) is 42.8 Å². The number of benzene rings is 2. The lowest BCUT2D eigenvalue weighted by Crippen LogP contribution is -2.32. The number of nitrogens with one attached hydrogen (secondary N) is 1. The van der Waals surface area contributed by atoms with Crippen molar-refractivity contribution in [1.29, 1.82) is 0 Å². The molecule has 122 valence electrons. The minimum absolute atomic E-state index is 0.0569. The number of carbonyl (C=O) groups is 2. The third kappa shape index (κ3) is 2.77. The van der Waals surface area contributed by atoms with E-state index in [-0.39, 0.29) is 16.4 Å². The number of halogens is 3. The molecule has 0 aliphatic carbocycles. The van der Waals surface area contributed by atoms with E-state index in [9.17, 15) is 14.0 Å². The maximum absolute atomic E-state index is 13.8. The summed E-state index contributed by atoms with van der Waals surface area (Å²) < 4.78 is 13.8. The van der Waals surface area contributed by atoms with Crippen molar-refractivity contribution in [2.75, 3.05) is 10.2 Å². The van der Waals surface area contributed by atoms with Crippen LogP contribution in [0.2, 0.25) is 5.02 Å². The van der Waals surface area contributed by atoms with E-state index in [4.69, 9.17) is 23.2 Å². The van der Waals surface area contributed by atoms with E-state index in [0.29, 0.717) is 16.3 Å². The van der Waals surface area contributed by atoms with Gasteiger partial charge in [-0.25, -0.2) is 9.29 Å². The van der Waals surface area contributed by atoms with Crippen LogP contribution in [-0.4, -0.2) is 11.8 Å². The Labute approximate surface area is 147 Å². The molecule has 0 saturated carbocycles. The minimum atomic E-state index is -0.675. The molecule has 2 aromatic rings. The Morgan fingerprint density at radius 1 is 1.04 bits per heavy atom. The van der Waals surface area contributed by atoms with Gasteiger partial charge in [0.2, 0.25) is 0 Å². The number of para-hydroxylation sites is 1. The molecule has 1 aliphatic rings. The molecule has 1 N–H and O–H groups in total. The topological polar surface area (TPSA) is 49.4 Å². The Morgan fingerprint density at radius 2 is 1.75 bits per heavy atom. The van der Waals surface area contributed by atoms with Crippen LogP contribution in [0, 0.1) is 12.7 Å².